The van der Waals surface area contributed by atoms with Crippen LogP contribution in [-0.4, -0.2) is 70.0 Å². The molecule has 0 bridgehead atoms. The van der Waals surface area contributed by atoms with Crippen LogP contribution in [-0.2, 0) is 11.2 Å². The van der Waals surface area contributed by atoms with Crippen molar-refractivity contribution in [1.82, 2.24) is 24.9 Å². The molecule has 2 fully saturated rings. The van der Waals surface area contributed by atoms with Crippen molar-refractivity contribution in [1.29, 1.82) is 0 Å². The van der Waals surface area contributed by atoms with Gasteiger partial charge in [0.2, 0.25) is 17.6 Å². The fraction of sp³-hybridized carbons (Fsp3) is 0.500. The predicted molar refractivity (Wildman–Crippen MR) is 130 cm³/mol. The molecule has 4 heterocycles. The number of oxazole rings is 1. The fourth-order valence-corrected chi connectivity index (χ4v) is 4.90. The van der Waals surface area contributed by atoms with E-state index in [-0.39, 0.29) is 17.7 Å². The van der Waals surface area contributed by atoms with Gasteiger partial charge in [-0.2, -0.15) is 4.98 Å². The van der Waals surface area contributed by atoms with Crippen LogP contribution in [0, 0.1) is 6.92 Å². The van der Waals surface area contributed by atoms with E-state index in [0.717, 1.165) is 44.3 Å². The molecule has 2 amide bonds. The van der Waals surface area contributed by atoms with Gasteiger partial charge in [-0.05, 0) is 44.7 Å². The molecule has 3 aromatic rings. The lowest BCUT2D eigenvalue weighted by molar-refractivity contribution is -0.132. The predicted octanol–water partition coefficient (Wildman–Crippen LogP) is 3.62. The molecule has 0 unspecified atom stereocenters. The molecular formula is C26H31N5O5. The van der Waals surface area contributed by atoms with Crippen LogP contribution in [0.3, 0.4) is 0 Å². The van der Waals surface area contributed by atoms with Crippen LogP contribution >= 0.6 is 0 Å². The normalized spacial score (nSPS) is 16.5. The summed E-state index contributed by atoms with van der Waals surface area (Å²) in [5.41, 5.74) is 1.17. The Morgan fingerprint density at radius 1 is 1.06 bits per heavy atom. The number of carbonyl (C=O) groups is 2. The highest BCUT2D eigenvalue weighted by Crippen LogP contribution is 2.30. The minimum Gasteiger partial charge on any atom is -0.496 e. The van der Waals surface area contributed by atoms with Gasteiger partial charge in [-0.1, -0.05) is 17.3 Å². The van der Waals surface area contributed by atoms with E-state index >= 15 is 0 Å². The highest BCUT2D eigenvalue weighted by molar-refractivity contribution is 5.93. The van der Waals surface area contributed by atoms with Gasteiger partial charge in [-0.25, -0.2) is 4.98 Å². The molecule has 2 aliphatic rings. The maximum Gasteiger partial charge on any atom is 0.276 e. The van der Waals surface area contributed by atoms with Crippen LogP contribution < -0.4 is 4.74 Å². The van der Waals surface area contributed by atoms with Gasteiger partial charge in [0.15, 0.2) is 11.6 Å². The van der Waals surface area contributed by atoms with Crippen LogP contribution in [0.5, 0.6) is 5.75 Å². The summed E-state index contributed by atoms with van der Waals surface area (Å²) in [5, 5.41) is 4.04. The van der Waals surface area contributed by atoms with Crippen LogP contribution in [0.1, 0.15) is 66.1 Å². The minimum absolute atomic E-state index is 0.0393. The minimum atomic E-state index is -0.0393. The summed E-state index contributed by atoms with van der Waals surface area (Å²) in [4.78, 5) is 38.3. The number of para-hydroxylation sites is 1. The Labute approximate surface area is 209 Å². The maximum atomic E-state index is 12.8. The molecule has 0 aliphatic carbocycles. The largest absolute Gasteiger partial charge is 0.496 e. The quantitative estimate of drug-likeness (QED) is 0.490. The van der Waals surface area contributed by atoms with Gasteiger partial charge in [0, 0.05) is 44.9 Å². The number of aryl methyl sites for hydroxylation is 2. The maximum absolute atomic E-state index is 12.8. The first-order valence-electron chi connectivity index (χ1n) is 12.5. The summed E-state index contributed by atoms with van der Waals surface area (Å²) in [6.07, 6.45) is 4.25. The third-order valence-electron chi connectivity index (χ3n) is 6.97. The zero-order valence-corrected chi connectivity index (χ0v) is 20.7. The molecule has 0 radical (unpaired) electrons. The van der Waals surface area contributed by atoms with Crippen molar-refractivity contribution in [2.75, 3.05) is 33.3 Å². The van der Waals surface area contributed by atoms with Crippen molar-refractivity contribution in [2.24, 2.45) is 0 Å². The number of carbonyl (C=O) groups excluding carboxylic acids is 2. The van der Waals surface area contributed by atoms with E-state index in [1.54, 1.807) is 14.0 Å². The molecule has 0 spiro atoms. The Bertz CT molecular complexity index is 1220. The van der Waals surface area contributed by atoms with Crippen LogP contribution in [0.25, 0.3) is 11.4 Å². The van der Waals surface area contributed by atoms with E-state index in [2.05, 4.69) is 15.1 Å². The molecule has 5 rings (SSSR count). The SMILES string of the molecule is COc1ccccc1-c1noc(CCC(=O)N2CCC(c3nc(C(=O)N4CCCC4)c(C)o3)CC2)n1. The number of amides is 2. The summed E-state index contributed by atoms with van der Waals surface area (Å²) in [6.45, 7) is 4.61. The van der Waals surface area contributed by atoms with Gasteiger partial charge in [-0.15, -0.1) is 0 Å². The van der Waals surface area contributed by atoms with Crippen molar-refractivity contribution >= 4 is 11.8 Å². The summed E-state index contributed by atoms with van der Waals surface area (Å²) in [5.74, 6) is 2.83. The molecule has 10 nitrogen and oxygen atoms in total. The molecule has 0 N–H and O–H groups in total. The fourth-order valence-electron chi connectivity index (χ4n) is 4.90. The second kappa shape index (κ2) is 10.5. The van der Waals surface area contributed by atoms with E-state index < -0.39 is 0 Å². The number of likely N-dealkylation sites (tertiary alicyclic amines) is 2. The Morgan fingerprint density at radius 3 is 2.56 bits per heavy atom. The van der Waals surface area contributed by atoms with Crippen molar-refractivity contribution in [3.63, 3.8) is 0 Å². The number of ether oxygens (including phenoxy) is 1. The van der Waals surface area contributed by atoms with Crippen molar-refractivity contribution in [3.05, 3.63) is 47.5 Å². The highest BCUT2D eigenvalue weighted by atomic mass is 16.5. The average molecular weight is 494 g/mol. The number of methoxy groups -OCH3 is 1. The number of hydrogen-bond donors (Lipinski definition) is 0. The summed E-state index contributed by atoms with van der Waals surface area (Å²) in [7, 11) is 1.60. The molecule has 0 saturated carbocycles. The van der Waals surface area contributed by atoms with Crippen LogP contribution in [0.15, 0.2) is 33.2 Å². The van der Waals surface area contributed by atoms with Crippen molar-refractivity contribution in [3.8, 4) is 17.1 Å². The number of benzene rings is 1. The lowest BCUT2D eigenvalue weighted by atomic mass is 9.96. The molecule has 190 valence electrons. The van der Waals surface area contributed by atoms with Crippen molar-refractivity contribution in [2.45, 2.75) is 51.4 Å². The second-order valence-corrected chi connectivity index (χ2v) is 9.32. The summed E-state index contributed by atoms with van der Waals surface area (Å²) in [6, 6.07) is 7.46. The molecule has 2 aromatic heterocycles. The first kappa shape index (κ1) is 24.0. The number of aromatic nitrogens is 3. The Hall–Kier alpha value is -3.69. The standard InChI is InChI=1S/C26H31N5O5/c1-17-23(26(33)31-13-5-6-14-31)28-25(35-17)18-11-15-30(16-12-18)22(32)10-9-21-27-24(29-36-21)19-7-3-4-8-20(19)34-2/h3-4,7-8,18H,5-6,9-16H2,1-2H3. The number of nitrogens with zero attached hydrogens (tertiary/aromatic N) is 5. The smallest absolute Gasteiger partial charge is 0.276 e. The summed E-state index contributed by atoms with van der Waals surface area (Å²) < 4.78 is 16.6. The molecule has 0 atom stereocenters. The first-order valence-corrected chi connectivity index (χ1v) is 12.5. The van der Waals surface area contributed by atoms with E-state index in [1.165, 1.54) is 0 Å². The zero-order chi connectivity index (χ0) is 25.1. The highest BCUT2D eigenvalue weighted by Gasteiger charge is 2.30. The summed E-state index contributed by atoms with van der Waals surface area (Å²) >= 11 is 0. The van der Waals surface area contributed by atoms with Gasteiger partial charge in [0.1, 0.15) is 11.5 Å². The second-order valence-electron chi connectivity index (χ2n) is 9.32. The van der Waals surface area contributed by atoms with Gasteiger partial charge < -0.3 is 23.5 Å². The van der Waals surface area contributed by atoms with Crippen LogP contribution in [0.4, 0.5) is 0 Å². The number of piperidine rings is 1. The molecule has 2 aliphatic heterocycles. The Balaban J connectivity index is 1.13. The molecular weight excluding hydrogens is 462 g/mol. The Morgan fingerprint density at radius 2 is 1.81 bits per heavy atom. The van der Waals surface area contributed by atoms with E-state index in [1.807, 2.05) is 34.1 Å². The van der Waals surface area contributed by atoms with E-state index in [4.69, 9.17) is 13.7 Å². The van der Waals surface area contributed by atoms with E-state index in [9.17, 15) is 9.59 Å². The third kappa shape index (κ3) is 4.98. The first-order chi connectivity index (χ1) is 17.5. The van der Waals surface area contributed by atoms with Gasteiger partial charge in [0.05, 0.1) is 12.7 Å². The molecule has 10 heteroatoms. The molecule has 1 aromatic carbocycles. The van der Waals surface area contributed by atoms with Crippen molar-refractivity contribution < 1.29 is 23.3 Å². The topological polar surface area (TPSA) is 115 Å². The lowest BCUT2D eigenvalue weighted by Gasteiger charge is -2.30. The monoisotopic (exact) mass is 493 g/mol. The van der Waals surface area contributed by atoms with Gasteiger partial charge >= 0.3 is 0 Å². The number of hydrogen-bond acceptors (Lipinski definition) is 8. The molecule has 2 saturated heterocycles. The van der Waals surface area contributed by atoms with Gasteiger partial charge in [-0.3, -0.25) is 9.59 Å². The lowest BCUT2D eigenvalue weighted by Crippen LogP contribution is -2.38. The number of rotatable bonds is 7. The average Bonchev–Trinajstić information content (AvgIpc) is 3.68. The third-order valence-corrected chi connectivity index (χ3v) is 6.97. The zero-order valence-electron chi connectivity index (χ0n) is 20.7. The molecule has 36 heavy (non-hydrogen) atoms. The van der Waals surface area contributed by atoms with E-state index in [0.29, 0.717) is 60.7 Å². The van der Waals surface area contributed by atoms with Crippen LogP contribution in [0.2, 0.25) is 0 Å². The van der Waals surface area contributed by atoms with Gasteiger partial charge in [0.25, 0.3) is 5.91 Å². The Kier molecular flexibility index (Phi) is 7.02.